The highest BCUT2D eigenvalue weighted by Gasteiger charge is 2.20. The van der Waals surface area contributed by atoms with Gasteiger partial charge < -0.3 is 14.6 Å². The summed E-state index contributed by atoms with van der Waals surface area (Å²) in [6.07, 6.45) is 0.0901. The Bertz CT molecular complexity index is 414. The Balaban J connectivity index is 1.95. The van der Waals surface area contributed by atoms with Crippen molar-refractivity contribution in [3.8, 4) is 5.75 Å². The van der Waals surface area contributed by atoms with Gasteiger partial charge in [-0.25, -0.2) is 0 Å². The SMILES string of the molecule is CCN1CCOC(COc2c(Br)cccc2CO)C1. The third-order valence-electron chi connectivity index (χ3n) is 3.30. The first-order valence-electron chi connectivity index (χ1n) is 6.59. The third-order valence-corrected chi connectivity index (χ3v) is 3.93. The van der Waals surface area contributed by atoms with Crippen LogP contribution in [0.4, 0.5) is 0 Å². The van der Waals surface area contributed by atoms with Crippen LogP contribution in [0.5, 0.6) is 5.75 Å². The monoisotopic (exact) mass is 329 g/mol. The summed E-state index contributed by atoms with van der Waals surface area (Å²) < 4.78 is 12.4. The van der Waals surface area contributed by atoms with Gasteiger partial charge >= 0.3 is 0 Å². The molecule has 1 atom stereocenters. The van der Waals surface area contributed by atoms with Gasteiger partial charge in [-0.1, -0.05) is 19.1 Å². The molecule has 0 spiro atoms. The van der Waals surface area contributed by atoms with Crippen molar-refractivity contribution >= 4 is 15.9 Å². The summed E-state index contributed by atoms with van der Waals surface area (Å²) in [4.78, 5) is 2.35. The molecule has 1 unspecified atom stereocenters. The maximum Gasteiger partial charge on any atom is 0.139 e. The molecule has 0 bridgehead atoms. The Morgan fingerprint density at radius 2 is 2.37 bits per heavy atom. The van der Waals surface area contributed by atoms with E-state index in [4.69, 9.17) is 9.47 Å². The van der Waals surface area contributed by atoms with Gasteiger partial charge in [0.2, 0.25) is 0 Å². The lowest BCUT2D eigenvalue weighted by atomic mass is 10.2. The van der Waals surface area contributed by atoms with Gasteiger partial charge in [0.05, 0.1) is 17.7 Å². The number of hydrogen-bond acceptors (Lipinski definition) is 4. The van der Waals surface area contributed by atoms with Crippen molar-refractivity contribution in [2.24, 2.45) is 0 Å². The van der Waals surface area contributed by atoms with Gasteiger partial charge in [-0.05, 0) is 28.5 Å². The lowest BCUT2D eigenvalue weighted by Gasteiger charge is -2.32. The van der Waals surface area contributed by atoms with E-state index in [-0.39, 0.29) is 12.7 Å². The third kappa shape index (κ3) is 3.92. The number of morpholine rings is 1. The van der Waals surface area contributed by atoms with Gasteiger partial charge in [0, 0.05) is 18.7 Å². The number of aliphatic hydroxyl groups excluding tert-OH is 1. The zero-order valence-corrected chi connectivity index (χ0v) is 12.7. The summed E-state index contributed by atoms with van der Waals surface area (Å²) in [5, 5.41) is 9.32. The Labute approximate surface area is 122 Å². The van der Waals surface area contributed by atoms with Crippen molar-refractivity contribution in [2.45, 2.75) is 19.6 Å². The minimum atomic E-state index is -0.0264. The standard InChI is InChI=1S/C14H20BrNO3/c1-2-16-6-7-18-12(8-16)10-19-14-11(9-17)4-3-5-13(14)15/h3-5,12,17H,2,6-10H2,1H3. The Kier molecular flexibility index (Phi) is 5.63. The number of nitrogens with zero attached hydrogens (tertiary/aromatic N) is 1. The fourth-order valence-corrected chi connectivity index (χ4v) is 2.71. The second-order valence-electron chi connectivity index (χ2n) is 4.58. The highest BCUT2D eigenvalue weighted by atomic mass is 79.9. The van der Waals surface area contributed by atoms with Gasteiger partial charge in [0.1, 0.15) is 18.5 Å². The lowest BCUT2D eigenvalue weighted by molar-refractivity contribution is -0.0467. The van der Waals surface area contributed by atoms with Crippen LogP contribution in [0.1, 0.15) is 12.5 Å². The predicted octanol–water partition coefficient (Wildman–Crippen LogP) is 2.04. The average molecular weight is 330 g/mol. The quantitative estimate of drug-likeness (QED) is 0.897. The van der Waals surface area contributed by atoms with E-state index in [1.165, 1.54) is 0 Å². The van der Waals surface area contributed by atoms with Crippen LogP contribution in [0, 0.1) is 0 Å². The molecule has 0 aromatic heterocycles. The molecule has 1 aromatic rings. The molecule has 1 aliphatic heterocycles. The first-order chi connectivity index (χ1) is 9.24. The van der Waals surface area contributed by atoms with E-state index < -0.39 is 0 Å². The molecular formula is C14H20BrNO3. The van der Waals surface area contributed by atoms with Crippen molar-refractivity contribution in [3.63, 3.8) is 0 Å². The van der Waals surface area contributed by atoms with E-state index in [1.54, 1.807) is 0 Å². The van der Waals surface area contributed by atoms with Crippen LogP contribution in [0.2, 0.25) is 0 Å². The molecular weight excluding hydrogens is 310 g/mol. The average Bonchev–Trinajstić information content (AvgIpc) is 2.46. The van der Waals surface area contributed by atoms with Crippen molar-refractivity contribution in [1.82, 2.24) is 4.90 Å². The van der Waals surface area contributed by atoms with Gasteiger partial charge in [-0.3, -0.25) is 4.90 Å². The molecule has 0 radical (unpaired) electrons. The van der Waals surface area contributed by atoms with Crippen LogP contribution >= 0.6 is 15.9 Å². The van der Waals surface area contributed by atoms with E-state index in [0.29, 0.717) is 12.4 Å². The molecule has 0 amide bonds. The summed E-state index contributed by atoms with van der Waals surface area (Å²) in [5.41, 5.74) is 0.789. The van der Waals surface area contributed by atoms with Crippen LogP contribution in [0.25, 0.3) is 0 Å². The van der Waals surface area contributed by atoms with Crippen LogP contribution < -0.4 is 4.74 Å². The second-order valence-corrected chi connectivity index (χ2v) is 5.44. The summed E-state index contributed by atoms with van der Waals surface area (Å²) in [7, 11) is 0. The maximum atomic E-state index is 9.32. The molecule has 5 heteroatoms. The first-order valence-corrected chi connectivity index (χ1v) is 7.39. The van der Waals surface area contributed by atoms with Gasteiger partial charge in [-0.2, -0.15) is 0 Å². The Morgan fingerprint density at radius 3 is 3.11 bits per heavy atom. The van der Waals surface area contributed by atoms with E-state index in [2.05, 4.69) is 27.8 Å². The lowest BCUT2D eigenvalue weighted by Crippen LogP contribution is -2.44. The van der Waals surface area contributed by atoms with Crippen molar-refractivity contribution in [1.29, 1.82) is 0 Å². The molecule has 1 aliphatic rings. The van der Waals surface area contributed by atoms with Crippen LogP contribution in [0.3, 0.4) is 0 Å². The largest absolute Gasteiger partial charge is 0.489 e. The minimum Gasteiger partial charge on any atom is -0.489 e. The molecule has 106 valence electrons. The predicted molar refractivity (Wildman–Crippen MR) is 77.4 cm³/mol. The van der Waals surface area contributed by atoms with E-state index in [0.717, 1.165) is 36.3 Å². The summed E-state index contributed by atoms with van der Waals surface area (Å²) >= 11 is 3.45. The van der Waals surface area contributed by atoms with E-state index in [1.807, 2.05) is 18.2 Å². The topological polar surface area (TPSA) is 41.9 Å². The molecule has 1 aromatic carbocycles. The van der Waals surface area contributed by atoms with E-state index >= 15 is 0 Å². The van der Waals surface area contributed by atoms with Crippen molar-refractivity contribution in [3.05, 3.63) is 28.2 Å². The van der Waals surface area contributed by atoms with Gasteiger partial charge in [-0.15, -0.1) is 0 Å². The van der Waals surface area contributed by atoms with Crippen molar-refractivity contribution < 1.29 is 14.6 Å². The number of benzene rings is 1. The zero-order chi connectivity index (χ0) is 13.7. The van der Waals surface area contributed by atoms with Crippen LogP contribution in [-0.4, -0.2) is 49.0 Å². The van der Waals surface area contributed by atoms with E-state index in [9.17, 15) is 5.11 Å². The molecule has 1 N–H and O–H groups in total. The molecule has 1 heterocycles. The van der Waals surface area contributed by atoms with Crippen molar-refractivity contribution in [2.75, 3.05) is 32.8 Å². The van der Waals surface area contributed by atoms with Gasteiger partial charge in [0.15, 0.2) is 0 Å². The van der Waals surface area contributed by atoms with Crippen LogP contribution in [-0.2, 0) is 11.3 Å². The van der Waals surface area contributed by atoms with Gasteiger partial charge in [0.25, 0.3) is 0 Å². The second kappa shape index (κ2) is 7.24. The number of para-hydroxylation sites is 1. The molecule has 19 heavy (non-hydrogen) atoms. The fraction of sp³-hybridized carbons (Fsp3) is 0.571. The summed E-state index contributed by atoms with van der Waals surface area (Å²) in [6, 6.07) is 5.66. The smallest absolute Gasteiger partial charge is 0.139 e. The molecule has 0 saturated carbocycles. The normalized spacial score (nSPS) is 20.5. The molecule has 1 saturated heterocycles. The number of aliphatic hydroxyl groups is 1. The zero-order valence-electron chi connectivity index (χ0n) is 11.1. The molecule has 0 aliphatic carbocycles. The number of ether oxygens (including phenoxy) is 2. The number of hydrogen-bond donors (Lipinski definition) is 1. The molecule has 1 fully saturated rings. The first kappa shape index (κ1) is 14.8. The highest BCUT2D eigenvalue weighted by molar-refractivity contribution is 9.10. The van der Waals surface area contributed by atoms with Crippen LogP contribution in [0.15, 0.2) is 22.7 Å². The Hall–Kier alpha value is -0.620. The number of halogens is 1. The maximum absolute atomic E-state index is 9.32. The number of likely N-dealkylation sites (N-methyl/N-ethyl adjacent to an activating group) is 1. The fourth-order valence-electron chi connectivity index (χ4n) is 2.18. The minimum absolute atomic E-state index is 0.0264. The molecule has 4 nitrogen and oxygen atoms in total. The molecule has 2 rings (SSSR count). The Morgan fingerprint density at radius 1 is 1.53 bits per heavy atom. The highest BCUT2D eigenvalue weighted by Crippen LogP contribution is 2.29. The number of rotatable bonds is 5. The summed E-state index contributed by atoms with van der Waals surface area (Å²) in [5.74, 6) is 0.710. The summed E-state index contributed by atoms with van der Waals surface area (Å²) in [6.45, 7) is 6.31.